The number of fused-ring (bicyclic) bond motifs is 1. The summed E-state index contributed by atoms with van der Waals surface area (Å²) in [6, 6.07) is 19.1. The molecule has 1 aliphatic heterocycles. The number of nitro benzene ring substituents is 1. The van der Waals surface area contributed by atoms with Crippen molar-refractivity contribution in [3.8, 4) is 11.5 Å². The number of esters is 1. The molecule has 254 valence electrons. The third kappa shape index (κ3) is 6.73. The summed E-state index contributed by atoms with van der Waals surface area (Å²) in [5.41, 5.74) is 1.47. The highest BCUT2D eigenvalue weighted by molar-refractivity contribution is 7.99. The summed E-state index contributed by atoms with van der Waals surface area (Å²) in [7, 11) is 3.00. The highest BCUT2D eigenvalue weighted by Gasteiger charge is 2.35. The second-order valence-electron chi connectivity index (χ2n) is 10.8. The van der Waals surface area contributed by atoms with Crippen LogP contribution in [-0.2, 0) is 9.53 Å². The lowest BCUT2D eigenvalue weighted by atomic mass is 9.93. The van der Waals surface area contributed by atoms with Gasteiger partial charge in [-0.05, 0) is 61.0 Å². The molecule has 15 heteroatoms. The number of aromatic nitrogens is 3. The number of rotatable bonds is 10. The minimum absolute atomic E-state index is 0.0938. The number of carbonyl (C=O) groups excluding carboxylic acids is 1. The SMILES string of the molecule is CCOC(=O)C1=C(c2ccccc2)N=c2s/c(=C/c3ccc(Sc4nc(C)cc(=O)[nH]4)c([N+](=O)[O-])c3)c(=O)n2[C@H]1c1ccc(OC)c(OC)c1. The molecule has 0 spiro atoms. The molecule has 50 heavy (non-hydrogen) atoms. The average molecular weight is 712 g/mol. The van der Waals surface area contributed by atoms with E-state index in [0.717, 1.165) is 23.1 Å². The Morgan fingerprint density at radius 1 is 1.06 bits per heavy atom. The van der Waals surface area contributed by atoms with Crippen LogP contribution in [0.5, 0.6) is 11.5 Å². The maximum atomic E-state index is 14.3. The zero-order valence-electron chi connectivity index (χ0n) is 27.2. The molecule has 0 bridgehead atoms. The van der Waals surface area contributed by atoms with Gasteiger partial charge in [0.2, 0.25) is 0 Å². The Bertz CT molecular complexity index is 2420. The first-order valence-corrected chi connectivity index (χ1v) is 16.8. The average Bonchev–Trinajstić information content (AvgIpc) is 3.41. The van der Waals surface area contributed by atoms with Crippen molar-refractivity contribution >= 4 is 46.5 Å². The molecule has 1 N–H and O–H groups in total. The molecule has 13 nitrogen and oxygen atoms in total. The molecule has 6 rings (SSSR count). The van der Waals surface area contributed by atoms with E-state index in [1.54, 1.807) is 44.2 Å². The van der Waals surface area contributed by atoms with E-state index in [-0.39, 0.29) is 38.0 Å². The molecule has 1 atom stereocenters. The van der Waals surface area contributed by atoms with Gasteiger partial charge in [0, 0.05) is 23.4 Å². The van der Waals surface area contributed by atoms with Crippen molar-refractivity contribution in [3.05, 3.63) is 141 Å². The van der Waals surface area contributed by atoms with Crippen molar-refractivity contribution in [2.75, 3.05) is 20.8 Å². The molecule has 0 radical (unpaired) electrons. The summed E-state index contributed by atoms with van der Waals surface area (Å²) in [5, 5.41) is 12.3. The number of nitrogens with zero attached hydrogens (tertiary/aromatic N) is 4. The fourth-order valence-electron chi connectivity index (χ4n) is 5.49. The van der Waals surface area contributed by atoms with E-state index >= 15 is 0 Å². The van der Waals surface area contributed by atoms with Gasteiger partial charge in [-0.3, -0.25) is 24.3 Å². The van der Waals surface area contributed by atoms with Crippen LogP contribution in [-0.4, -0.2) is 46.3 Å². The lowest BCUT2D eigenvalue weighted by Crippen LogP contribution is -2.40. The molecular weight excluding hydrogens is 683 g/mol. The number of thiazole rings is 1. The van der Waals surface area contributed by atoms with Crippen molar-refractivity contribution in [1.82, 2.24) is 14.5 Å². The third-order valence-corrected chi connectivity index (χ3v) is 9.56. The van der Waals surface area contributed by atoms with Gasteiger partial charge in [-0.25, -0.2) is 14.8 Å². The highest BCUT2D eigenvalue weighted by Crippen LogP contribution is 2.39. The fraction of sp³-hybridized carbons (Fsp3) is 0.171. The number of aromatic amines is 1. The van der Waals surface area contributed by atoms with E-state index in [9.17, 15) is 24.5 Å². The largest absolute Gasteiger partial charge is 0.493 e. The van der Waals surface area contributed by atoms with Crippen LogP contribution in [0.2, 0.25) is 0 Å². The van der Waals surface area contributed by atoms with E-state index in [1.807, 2.05) is 30.3 Å². The fourth-order valence-corrected chi connectivity index (χ4v) is 7.41. The van der Waals surface area contributed by atoms with Crippen molar-refractivity contribution in [2.45, 2.75) is 29.9 Å². The number of hydrogen-bond donors (Lipinski definition) is 1. The van der Waals surface area contributed by atoms with Crippen LogP contribution in [0.3, 0.4) is 0 Å². The summed E-state index contributed by atoms with van der Waals surface area (Å²) >= 11 is 2.03. The van der Waals surface area contributed by atoms with E-state index in [2.05, 4.69) is 9.97 Å². The molecule has 0 amide bonds. The van der Waals surface area contributed by atoms with Crippen LogP contribution < -0.4 is 29.9 Å². The minimum atomic E-state index is -0.973. The zero-order valence-corrected chi connectivity index (χ0v) is 28.8. The second kappa shape index (κ2) is 14.4. The Hall–Kier alpha value is -5.80. The first-order chi connectivity index (χ1) is 24.1. The van der Waals surface area contributed by atoms with E-state index < -0.39 is 22.5 Å². The van der Waals surface area contributed by atoms with Crippen LogP contribution in [0.15, 0.2) is 103 Å². The number of hydrogen-bond acceptors (Lipinski definition) is 12. The zero-order chi connectivity index (χ0) is 35.5. The molecule has 1 aliphatic rings. The Labute approximate surface area is 292 Å². The number of methoxy groups -OCH3 is 2. The summed E-state index contributed by atoms with van der Waals surface area (Å²) < 4.78 is 18.2. The number of nitrogens with one attached hydrogen (secondary N) is 1. The number of aryl methyl sites for hydroxylation is 1. The standard InChI is InChI=1S/C35H29N5O8S2/c1-5-48-33(43)29-30(21-9-7-6-8-10-21)38-35-39(31(29)22-12-13-24(46-3)25(18-22)47-4)32(42)27(50-35)17-20-11-14-26(23(16-20)40(44)45)49-34-36-19(2)15-28(41)37-34/h6-18,31H,5H2,1-4H3,(H,36,37,41)/b27-17+/t31-/m0/s1. The highest BCUT2D eigenvalue weighted by atomic mass is 32.2. The van der Waals surface area contributed by atoms with Gasteiger partial charge in [-0.2, -0.15) is 0 Å². The number of carbonyl (C=O) groups is 1. The van der Waals surface area contributed by atoms with Gasteiger partial charge in [-0.15, -0.1) is 0 Å². The number of ether oxygens (including phenoxy) is 3. The third-order valence-electron chi connectivity index (χ3n) is 7.63. The Morgan fingerprint density at radius 2 is 1.82 bits per heavy atom. The quantitative estimate of drug-likeness (QED) is 0.0949. The number of H-pyrrole nitrogens is 1. The Balaban J connectivity index is 1.55. The first-order valence-electron chi connectivity index (χ1n) is 15.2. The summed E-state index contributed by atoms with van der Waals surface area (Å²) in [6.45, 7) is 3.44. The predicted molar refractivity (Wildman–Crippen MR) is 187 cm³/mol. The molecule has 0 fully saturated rings. The lowest BCUT2D eigenvalue weighted by molar-refractivity contribution is -0.387. The first kappa shape index (κ1) is 34.1. The molecule has 0 aliphatic carbocycles. The number of benzene rings is 3. The minimum Gasteiger partial charge on any atom is -0.493 e. The van der Waals surface area contributed by atoms with Crippen LogP contribution in [0.25, 0.3) is 11.8 Å². The molecule has 2 aromatic heterocycles. The summed E-state index contributed by atoms with van der Waals surface area (Å²) in [4.78, 5) is 63.8. The van der Waals surface area contributed by atoms with Gasteiger partial charge in [0.05, 0.1) is 52.5 Å². The molecule has 0 saturated carbocycles. The van der Waals surface area contributed by atoms with E-state index in [0.29, 0.717) is 44.4 Å². The summed E-state index contributed by atoms with van der Waals surface area (Å²) in [6.07, 6.45) is 1.54. The lowest BCUT2D eigenvalue weighted by Gasteiger charge is -2.26. The van der Waals surface area contributed by atoms with Crippen LogP contribution in [0.1, 0.15) is 35.3 Å². The van der Waals surface area contributed by atoms with E-state index in [4.69, 9.17) is 19.2 Å². The van der Waals surface area contributed by atoms with Crippen molar-refractivity contribution < 1.29 is 23.9 Å². The van der Waals surface area contributed by atoms with Gasteiger partial charge in [0.25, 0.3) is 16.8 Å². The van der Waals surface area contributed by atoms with Gasteiger partial charge >= 0.3 is 5.97 Å². The van der Waals surface area contributed by atoms with Crippen LogP contribution in [0, 0.1) is 17.0 Å². The monoisotopic (exact) mass is 711 g/mol. The van der Waals surface area contributed by atoms with Gasteiger partial charge in [0.15, 0.2) is 21.5 Å². The Morgan fingerprint density at radius 3 is 2.50 bits per heavy atom. The maximum Gasteiger partial charge on any atom is 0.338 e. The molecule has 0 saturated heterocycles. The van der Waals surface area contributed by atoms with Crippen molar-refractivity contribution in [3.63, 3.8) is 0 Å². The van der Waals surface area contributed by atoms with Crippen LogP contribution in [0.4, 0.5) is 5.69 Å². The predicted octanol–water partition coefficient (Wildman–Crippen LogP) is 4.40. The maximum absolute atomic E-state index is 14.3. The van der Waals surface area contributed by atoms with Gasteiger partial charge in [0.1, 0.15) is 0 Å². The normalized spacial score (nSPS) is 14.2. The van der Waals surface area contributed by atoms with E-state index in [1.165, 1.54) is 37.0 Å². The van der Waals surface area contributed by atoms with Crippen molar-refractivity contribution in [1.29, 1.82) is 0 Å². The smallest absolute Gasteiger partial charge is 0.338 e. The molecule has 3 heterocycles. The van der Waals surface area contributed by atoms with Crippen molar-refractivity contribution in [2.24, 2.45) is 4.99 Å². The van der Waals surface area contributed by atoms with Crippen LogP contribution >= 0.6 is 23.1 Å². The summed E-state index contributed by atoms with van der Waals surface area (Å²) in [5.74, 6) is 0.211. The molecule has 3 aromatic carbocycles. The number of nitro groups is 1. The van der Waals surface area contributed by atoms with Gasteiger partial charge in [-0.1, -0.05) is 53.8 Å². The topological polar surface area (TPSA) is 168 Å². The molecular formula is C35H29N5O8S2. The molecule has 5 aromatic rings. The Kier molecular flexibility index (Phi) is 9.79. The second-order valence-corrected chi connectivity index (χ2v) is 12.9. The molecule has 0 unspecified atom stereocenters. The van der Waals surface area contributed by atoms with Gasteiger partial charge < -0.3 is 19.2 Å².